The summed E-state index contributed by atoms with van der Waals surface area (Å²) in [4.78, 5) is 0. The van der Waals surface area contributed by atoms with Crippen LogP contribution in [0.1, 0.15) is 37.7 Å². The lowest BCUT2D eigenvalue weighted by Crippen LogP contribution is -2.22. The van der Waals surface area contributed by atoms with Gasteiger partial charge in [0.1, 0.15) is 5.82 Å². The van der Waals surface area contributed by atoms with E-state index in [1.54, 1.807) is 12.1 Å². The van der Waals surface area contributed by atoms with E-state index in [1.807, 2.05) is 0 Å². The molecule has 1 aliphatic rings. The molecule has 1 aromatic carbocycles. The maximum atomic E-state index is 13.2. The van der Waals surface area contributed by atoms with Crippen molar-refractivity contribution in [1.82, 2.24) is 0 Å². The summed E-state index contributed by atoms with van der Waals surface area (Å²) in [6.45, 7) is 0. The normalized spacial score (nSPS) is 25.6. The molecule has 0 aromatic heterocycles. The summed E-state index contributed by atoms with van der Waals surface area (Å²) in [5.74, 6) is 0.451. The van der Waals surface area contributed by atoms with Crippen LogP contribution in [-0.4, -0.2) is 6.04 Å². The number of hydrogen-bond donors (Lipinski definition) is 1. The lowest BCUT2D eigenvalue weighted by atomic mass is 9.91. The fourth-order valence-electron chi connectivity index (χ4n) is 2.70. The van der Waals surface area contributed by atoms with Crippen molar-refractivity contribution in [3.8, 4) is 0 Å². The van der Waals surface area contributed by atoms with Crippen molar-refractivity contribution in [2.75, 3.05) is 0 Å². The van der Waals surface area contributed by atoms with Gasteiger partial charge in [-0.05, 0) is 48.9 Å². The molecule has 1 aromatic rings. The van der Waals surface area contributed by atoms with Gasteiger partial charge in [0.05, 0.1) is 0 Å². The van der Waals surface area contributed by atoms with E-state index in [2.05, 4.69) is 15.9 Å². The van der Waals surface area contributed by atoms with E-state index >= 15 is 0 Å². The summed E-state index contributed by atoms with van der Waals surface area (Å²) in [5.41, 5.74) is 7.13. The molecule has 2 unspecified atom stereocenters. The molecule has 1 fully saturated rings. The Kier molecular flexibility index (Phi) is 4.57. The van der Waals surface area contributed by atoms with Gasteiger partial charge in [-0.3, -0.25) is 0 Å². The van der Waals surface area contributed by atoms with E-state index in [9.17, 15) is 4.39 Å². The Hall–Kier alpha value is -0.410. The third-order valence-electron chi connectivity index (χ3n) is 3.59. The molecule has 0 amide bonds. The molecule has 2 atom stereocenters. The van der Waals surface area contributed by atoms with Crippen LogP contribution < -0.4 is 5.73 Å². The minimum absolute atomic E-state index is 0.152. The van der Waals surface area contributed by atoms with Crippen molar-refractivity contribution in [3.05, 3.63) is 34.1 Å². The first-order valence-electron chi connectivity index (χ1n) is 6.34. The predicted octanol–water partition coefficient (Wildman–Crippen LogP) is 4.04. The highest BCUT2D eigenvalue weighted by molar-refractivity contribution is 9.10. The van der Waals surface area contributed by atoms with Gasteiger partial charge in [0.15, 0.2) is 0 Å². The minimum atomic E-state index is -0.152. The summed E-state index contributed by atoms with van der Waals surface area (Å²) in [7, 11) is 0. The van der Waals surface area contributed by atoms with Gasteiger partial charge in [-0.25, -0.2) is 4.39 Å². The van der Waals surface area contributed by atoms with Gasteiger partial charge in [0.2, 0.25) is 0 Å². The third kappa shape index (κ3) is 3.78. The fraction of sp³-hybridized carbons (Fsp3) is 0.571. The molecule has 0 radical (unpaired) electrons. The fourth-order valence-corrected chi connectivity index (χ4v) is 3.11. The summed E-state index contributed by atoms with van der Waals surface area (Å²) in [6, 6.07) is 5.25. The lowest BCUT2D eigenvalue weighted by Gasteiger charge is -2.17. The molecule has 0 heterocycles. The second-order valence-electron chi connectivity index (χ2n) is 5.09. The van der Waals surface area contributed by atoms with Crippen LogP contribution in [0.25, 0.3) is 0 Å². The van der Waals surface area contributed by atoms with Gasteiger partial charge in [-0.1, -0.05) is 35.2 Å². The Bertz CT molecular complexity index is 380. The van der Waals surface area contributed by atoms with Gasteiger partial charge in [-0.15, -0.1) is 0 Å². The maximum absolute atomic E-state index is 13.2. The van der Waals surface area contributed by atoms with Crippen LogP contribution in [-0.2, 0) is 6.42 Å². The second-order valence-corrected chi connectivity index (χ2v) is 5.94. The number of benzene rings is 1. The zero-order chi connectivity index (χ0) is 12.3. The van der Waals surface area contributed by atoms with Crippen LogP contribution in [0.3, 0.4) is 0 Å². The smallest absolute Gasteiger partial charge is 0.123 e. The van der Waals surface area contributed by atoms with E-state index in [1.165, 1.54) is 25.3 Å². The maximum Gasteiger partial charge on any atom is 0.123 e. The Balaban J connectivity index is 2.06. The van der Waals surface area contributed by atoms with Crippen molar-refractivity contribution in [3.63, 3.8) is 0 Å². The zero-order valence-corrected chi connectivity index (χ0v) is 11.5. The van der Waals surface area contributed by atoms with E-state index in [4.69, 9.17) is 5.73 Å². The van der Waals surface area contributed by atoms with Crippen LogP contribution in [0.5, 0.6) is 0 Å². The van der Waals surface area contributed by atoms with Gasteiger partial charge in [0.25, 0.3) is 0 Å². The first kappa shape index (κ1) is 13.0. The monoisotopic (exact) mass is 299 g/mol. The molecule has 0 bridgehead atoms. The van der Waals surface area contributed by atoms with Crippen molar-refractivity contribution in [1.29, 1.82) is 0 Å². The first-order valence-corrected chi connectivity index (χ1v) is 7.14. The molecule has 2 rings (SSSR count). The third-order valence-corrected chi connectivity index (χ3v) is 4.36. The van der Waals surface area contributed by atoms with E-state index < -0.39 is 0 Å². The topological polar surface area (TPSA) is 26.0 Å². The molecule has 3 heteroatoms. The molecular weight excluding hydrogens is 281 g/mol. The minimum Gasteiger partial charge on any atom is -0.328 e. The molecule has 2 N–H and O–H groups in total. The highest BCUT2D eigenvalue weighted by Gasteiger charge is 2.18. The van der Waals surface area contributed by atoms with Gasteiger partial charge in [0, 0.05) is 10.5 Å². The molecule has 0 aliphatic heterocycles. The van der Waals surface area contributed by atoms with Crippen LogP contribution >= 0.6 is 15.9 Å². The number of halogens is 2. The van der Waals surface area contributed by atoms with Crippen molar-refractivity contribution < 1.29 is 4.39 Å². The quantitative estimate of drug-likeness (QED) is 0.820. The standard InChI is InChI=1S/C14H19BrFN/c15-14-6-5-12(16)9-11(14)7-10-3-1-2-4-13(17)8-10/h5-6,9-10,13H,1-4,7-8,17H2. The number of nitrogens with two attached hydrogens (primary N) is 1. The van der Waals surface area contributed by atoms with Crippen LogP contribution in [0.2, 0.25) is 0 Å². The second kappa shape index (κ2) is 5.96. The Morgan fingerprint density at radius 1 is 1.29 bits per heavy atom. The van der Waals surface area contributed by atoms with E-state index in [0.29, 0.717) is 12.0 Å². The predicted molar refractivity (Wildman–Crippen MR) is 72.4 cm³/mol. The molecule has 1 saturated carbocycles. The number of hydrogen-bond acceptors (Lipinski definition) is 1. The summed E-state index contributed by atoms with van der Waals surface area (Å²) in [6.07, 6.45) is 6.86. The summed E-state index contributed by atoms with van der Waals surface area (Å²) < 4.78 is 14.2. The highest BCUT2D eigenvalue weighted by Crippen LogP contribution is 2.28. The van der Waals surface area contributed by atoms with Crippen molar-refractivity contribution in [2.24, 2.45) is 11.7 Å². The molecule has 1 aliphatic carbocycles. The SMILES string of the molecule is NC1CCCCC(Cc2cc(F)ccc2Br)C1. The van der Waals surface area contributed by atoms with Gasteiger partial charge >= 0.3 is 0 Å². The van der Waals surface area contributed by atoms with Gasteiger partial charge < -0.3 is 5.73 Å². The Morgan fingerprint density at radius 3 is 2.88 bits per heavy atom. The largest absolute Gasteiger partial charge is 0.328 e. The molecule has 1 nitrogen and oxygen atoms in total. The van der Waals surface area contributed by atoms with Crippen molar-refractivity contribution in [2.45, 2.75) is 44.6 Å². The average Bonchev–Trinajstić information content (AvgIpc) is 2.48. The van der Waals surface area contributed by atoms with Gasteiger partial charge in [-0.2, -0.15) is 0 Å². The van der Waals surface area contributed by atoms with Crippen molar-refractivity contribution >= 4 is 15.9 Å². The molecule has 94 valence electrons. The lowest BCUT2D eigenvalue weighted by molar-refractivity contribution is 0.429. The summed E-state index contributed by atoms with van der Waals surface area (Å²) in [5, 5.41) is 0. The number of rotatable bonds is 2. The zero-order valence-electron chi connectivity index (χ0n) is 9.96. The molecule has 0 spiro atoms. The average molecular weight is 300 g/mol. The van der Waals surface area contributed by atoms with Crippen LogP contribution in [0, 0.1) is 11.7 Å². The van der Waals surface area contributed by atoms with E-state index in [-0.39, 0.29) is 5.82 Å². The Labute approximate surface area is 111 Å². The summed E-state index contributed by atoms with van der Waals surface area (Å²) >= 11 is 3.49. The molecular formula is C14H19BrFN. The van der Waals surface area contributed by atoms with Crippen LogP contribution in [0.4, 0.5) is 4.39 Å². The molecule has 17 heavy (non-hydrogen) atoms. The Morgan fingerprint density at radius 2 is 2.06 bits per heavy atom. The highest BCUT2D eigenvalue weighted by atomic mass is 79.9. The van der Waals surface area contributed by atoms with E-state index in [0.717, 1.165) is 29.3 Å². The van der Waals surface area contributed by atoms with Crippen LogP contribution in [0.15, 0.2) is 22.7 Å². The first-order chi connectivity index (χ1) is 8.15. The molecule has 0 saturated heterocycles.